The fourth-order valence-corrected chi connectivity index (χ4v) is 2.59. The van der Waals surface area contributed by atoms with Gasteiger partial charge in [-0.3, -0.25) is 4.90 Å². The fourth-order valence-electron chi connectivity index (χ4n) is 2.59. The normalized spacial score (nSPS) is 16.4. The summed E-state index contributed by atoms with van der Waals surface area (Å²) < 4.78 is 0. The molecule has 6 heteroatoms. The van der Waals surface area contributed by atoms with Crippen LogP contribution in [-0.2, 0) is 0 Å². The second kappa shape index (κ2) is 9.15. The lowest BCUT2D eigenvalue weighted by atomic mass is 9.97. The first-order valence-electron chi connectivity index (χ1n) is 6.68. The van der Waals surface area contributed by atoms with Crippen molar-refractivity contribution >= 4 is 24.8 Å². The van der Waals surface area contributed by atoms with E-state index in [1.807, 2.05) is 6.92 Å². The number of benzene rings is 1. The highest BCUT2D eigenvalue weighted by atomic mass is 35.5. The van der Waals surface area contributed by atoms with Crippen LogP contribution in [0.25, 0.3) is 0 Å². The molecule has 1 aromatic carbocycles. The molecule has 2 rings (SSSR count). The minimum absolute atomic E-state index is 0. The van der Waals surface area contributed by atoms with Crippen LogP contribution in [0.4, 0.5) is 0 Å². The number of phenols is 2. The van der Waals surface area contributed by atoms with Crippen molar-refractivity contribution < 1.29 is 10.2 Å². The third-order valence-electron chi connectivity index (χ3n) is 3.44. The summed E-state index contributed by atoms with van der Waals surface area (Å²) in [5, 5.41) is 22.7. The lowest BCUT2D eigenvalue weighted by molar-refractivity contribution is 0.172. The number of phenolic OH excluding ortho intramolecular Hbond substituents is 2. The molecule has 0 radical (unpaired) electrons. The van der Waals surface area contributed by atoms with Gasteiger partial charge in [-0.2, -0.15) is 0 Å². The van der Waals surface area contributed by atoms with Crippen molar-refractivity contribution in [2.24, 2.45) is 0 Å². The van der Waals surface area contributed by atoms with E-state index in [9.17, 15) is 10.2 Å². The molecule has 120 valence electrons. The van der Waals surface area contributed by atoms with E-state index in [-0.39, 0.29) is 42.4 Å². The van der Waals surface area contributed by atoms with Gasteiger partial charge in [-0.25, -0.2) is 0 Å². The maximum absolute atomic E-state index is 9.66. The van der Waals surface area contributed by atoms with Crippen LogP contribution >= 0.6 is 24.8 Å². The van der Waals surface area contributed by atoms with Crippen molar-refractivity contribution in [1.82, 2.24) is 10.2 Å². The van der Waals surface area contributed by atoms with Crippen molar-refractivity contribution in [3.05, 3.63) is 35.9 Å². The van der Waals surface area contributed by atoms with Crippen molar-refractivity contribution in [3.63, 3.8) is 0 Å². The molecule has 0 bridgehead atoms. The number of halogens is 2. The average Bonchev–Trinajstić information content (AvgIpc) is 2.35. The maximum atomic E-state index is 9.66. The van der Waals surface area contributed by atoms with Gasteiger partial charge in [0, 0.05) is 38.3 Å². The highest BCUT2D eigenvalue weighted by molar-refractivity contribution is 5.85. The van der Waals surface area contributed by atoms with Crippen LogP contribution in [0.1, 0.15) is 24.9 Å². The Kier molecular flexibility index (Phi) is 8.74. The van der Waals surface area contributed by atoms with Crippen LogP contribution in [0.3, 0.4) is 0 Å². The van der Waals surface area contributed by atoms with Gasteiger partial charge < -0.3 is 15.5 Å². The third kappa shape index (κ3) is 5.75. The molecule has 0 spiro atoms. The molecule has 0 saturated carbocycles. The summed E-state index contributed by atoms with van der Waals surface area (Å²) in [5.74, 6) is 0.216. The standard InChI is InChI=1S/C15H22N2O2.2ClH/c1-11(2)7-15(17-5-3-16-4-6-17)12-8-13(18)10-14(19)9-12;;/h8-10,15-16,18-19H,1,3-7H2,2H3;2*1H/t15-;;/m1../s1. The second-order valence-electron chi connectivity index (χ2n) is 5.25. The van der Waals surface area contributed by atoms with Crippen LogP contribution in [0, 0.1) is 0 Å². The topological polar surface area (TPSA) is 55.7 Å². The first-order chi connectivity index (χ1) is 9.06. The number of nitrogens with zero attached hydrogens (tertiary/aromatic N) is 1. The van der Waals surface area contributed by atoms with Crippen LogP contribution in [0.2, 0.25) is 0 Å². The van der Waals surface area contributed by atoms with Crippen LogP contribution in [-0.4, -0.2) is 41.3 Å². The quantitative estimate of drug-likeness (QED) is 0.741. The number of hydrogen-bond acceptors (Lipinski definition) is 4. The molecule has 1 heterocycles. The first kappa shape index (κ1) is 20.1. The summed E-state index contributed by atoms with van der Waals surface area (Å²) in [4.78, 5) is 2.37. The minimum atomic E-state index is 0. The van der Waals surface area contributed by atoms with Gasteiger partial charge >= 0.3 is 0 Å². The summed E-state index contributed by atoms with van der Waals surface area (Å²) in [6.45, 7) is 9.88. The van der Waals surface area contributed by atoms with Crippen molar-refractivity contribution in [2.45, 2.75) is 19.4 Å². The second-order valence-corrected chi connectivity index (χ2v) is 5.25. The van der Waals surface area contributed by atoms with E-state index >= 15 is 0 Å². The number of piperazine rings is 1. The zero-order valence-corrected chi connectivity index (χ0v) is 13.8. The zero-order valence-electron chi connectivity index (χ0n) is 12.2. The van der Waals surface area contributed by atoms with Gasteiger partial charge in [0.1, 0.15) is 11.5 Å². The summed E-state index contributed by atoms with van der Waals surface area (Å²) in [7, 11) is 0. The van der Waals surface area contributed by atoms with Gasteiger partial charge in [-0.15, -0.1) is 31.4 Å². The summed E-state index contributed by atoms with van der Waals surface area (Å²) in [5.41, 5.74) is 2.05. The van der Waals surface area contributed by atoms with E-state index in [0.29, 0.717) is 0 Å². The van der Waals surface area contributed by atoms with E-state index in [4.69, 9.17) is 0 Å². The third-order valence-corrected chi connectivity index (χ3v) is 3.44. The largest absolute Gasteiger partial charge is 0.508 e. The molecule has 1 atom stereocenters. The number of hydrogen-bond donors (Lipinski definition) is 3. The minimum Gasteiger partial charge on any atom is -0.508 e. The Morgan fingerprint density at radius 1 is 1.19 bits per heavy atom. The van der Waals surface area contributed by atoms with Gasteiger partial charge in [0.25, 0.3) is 0 Å². The summed E-state index contributed by atoms with van der Waals surface area (Å²) in [6.07, 6.45) is 0.836. The lowest BCUT2D eigenvalue weighted by Gasteiger charge is -2.35. The van der Waals surface area contributed by atoms with Crippen molar-refractivity contribution in [3.8, 4) is 11.5 Å². The van der Waals surface area contributed by atoms with Crippen LogP contribution in [0.5, 0.6) is 11.5 Å². The first-order valence-corrected chi connectivity index (χ1v) is 6.68. The Morgan fingerprint density at radius 3 is 2.19 bits per heavy atom. The molecule has 1 fully saturated rings. The van der Waals surface area contributed by atoms with Crippen LogP contribution in [0.15, 0.2) is 30.4 Å². The lowest BCUT2D eigenvalue weighted by Crippen LogP contribution is -2.45. The SMILES string of the molecule is C=C(C)C[C@H](c1cc(O)cc(O)c1)N1CCNCC1.Cl.Cl. The van der Waals surface area contributed by atoms with Gasteiger partial charge in [0.2, 0.25) is 0 Å². The molecule has 1 aliphatic heterocycles. The molecule has 21 heavy (non-hydrogen) atoms. The summed E-state index contributed by atoms with van der Waals surface area (Å²) >= 11 is 0. The highest BCUT2D eigenvalue weighted by Gasteiger charge is 2.23. The number of rotatable bonds is 4. The molecule has 1 aliphatic rings. The predicted molar refractivity (Wildman–Crippen MR) is 90.9 cm³/mol. The van der Waals surface area contributed by atoms with Gasteiger partial charge in [0.15, 0.2) is 0 Å². The molecular formula is C15H24Cl2N2O2. The van der Waals surface area contributed by atoms with Crippen LogP contribution < -0.4 is 5.32 Å². The van der Waals surface area contributed by atoms with E-state index in [0.717, 1.165) is 43.7 Å². The Balaban J connectivity index is 0.00000200. The highest BCUT2D eigenvalue weighted by Crippen LogP contribution is 2.32. The van der Waals surface area contributed by atoms with Gasteiger partial charge in [0.05, 0.1) is 0 Å². The van der Waals surface area contributed by atoms with Gasteiger partial charge in [-0.1, -0.05) is 5.57 Å². The Morgan fingerprint density at radius 2 is 1.71 bits per heavy atom. The maximum Gasteiger partial charge on any atom is 0.119 e. The molecule has 1 aromatic rings. The van der Waals surface area contributed by atoms with E-state index in [2.05, 4.69) is 16.8 Å². The Hall–Kier alpha value is -0.940. The Bertz CT molecular complexity index is 443. The molecular weight excluding hydrogens is 311 g/mol. The smallest absolute Gasteiger partial charge is 0.119 e. The number of aromatic hydroxyl groups is 2. The molecule has 0 amide bonds. The summed E-state index contributed by atoms with van der Waals surface area (Å²) in [6, 6.07) is 4.99. The van der Waals surface area contributed by atoms with E-state index in [1.54, 1.807) is 12.1 Å². The van der Waals surface area contributed by atoms with E-state index < -0.39 is 0 Å². The number of nitrogens with one attached hydrogen (secondary N) is 1. The van der Waals surface area contributed by atoms with Crippen molar-refractivity contribution in [2.75, 3.05) is 26.2 Å². The van der Waals surface area contributed by atoms with E-state index in [1.165, 1.54) is 6.07 Å². The molecule has 4 nitrogen and oxygen atoms in total. The van der Waals surface area contributed by atoms with Crippen molar-refractivity contribution in [1.29, 1.82) is 0 Å². The average molecular weight is 335 g/mol. The molecule has 0 aliphatic carbocycles. The molecule has 0 unspecified atom stereocenters. The Labute approximate surface area is 138 Å². The zero-order chi connectivity index (χ0) is 13.8. The molecule has 3 N–H and O–H groups in total. The fraction of sp³-hybridized carbons (Fsp3) is 0.467. The molecule has 0 aromatic heterocycles. The monoisotopic (exact) mass is 334 g/mol. The van der Waals surface area contributed by atoms with Gasteiger partial charge in [-0.05, 0) is 31.0 Å². The predicted octanol–water partition coefficient (Wildman–Crippen LogP) is 2.85. The molecule has 1 saturated heterocycles.